The molecule has 26 heavy (non-hydrogen) atoms. The van der Waals surface area contributed by atoms with Gasteiger partial charge in [0.15, 0.2) is 0 Å². The van der Waals surface area contributed by atoms with Crippen molar-refractivity contribution in [2.24, 2.45) is 0 Å². The number of hydrogen-bond donors (Lipinski definition) is 3. The molecule has 0 aromatic heterocycles. The Kier molecular flexibility index (Phi) is 6.91. The highest BCUT2D eigenvalue weighted by molar-refractivity contribution is 5.97. The van der Waals surface area contributed by atoms with E-state index in [1.807, 2.05) is 30.3 Å². The standard InChI is InChI=1S/C20H22N2O4/c1-14(23)21-17-12-10-16(11-13-17)19(24)22-18(20(25)26)9-5-8-15-6-3-2-4-7-15/h2-4,6-7,10-13,18H,5,8-9H2,1H3,(H,21,23)(H,22,24)(H,25,26)/t18-/m0/s1. The zero-order chi connectivity index (χ0) is 18.9. The number of nitrogens with one attached hydrogen (secondary N) is 2. The van der Waals surface area contributed by atoms with Gasteiger partial charge in [-0.25, -0.2) is 4.79 Å². The maximum atomic E-state index is 12.3. The highest BCUT2D eigenvalue weighted by Crippen LogP contribution is 2.11. The van der Waals surface area contributed by atoms with Crippen LogP contribution in [0.15, 0.2) is 54.6 Å². The smallest absolute Gasteiger partial charge is 0.326 e. The molecule has 0 fully saturated rings. The number of carboxylic acids is 1. The van der Waals surface area contributed by atoms with Gasteiger partial charge >= 0.3 is 5.97 Å². The normalized spacial score (nSPS) is 11.4. The molecule has 0 unspecified atom stereocenters. The number of carbonyl (C=O) groups excluding carboxylic acids is 2. The van der Waals surface area contributed by atoms with E-state index in [2.05, 4.69) is 10.6 Å². The average molecular weight is 354 g/mol. The molecule has 0 radical (unpaired) electrons. The van der Waals surface area contributed by atoms with E-state index < -0.39 is 17.9 Å². The van der Waals surface area contributed by atoms with E-state index in [4.69, 9.17) is 0 Å². The first kappa shape index (κ1) is 19.2. The van der Waals surface area contributed by atoms with Gasteiger partial charge in [-0.15, -0.1) is 0 Å². The summed E-state index contributed by atoms with van der Waals surface area (Å²) < 4.78 is 0. The molecular weight excluding hydrogens is 332 g/mol. The third kappa shape index (κ3) is 6.05. The molecule has 0 saturated carbocycles. The highest BCUT2D eigenvalue weighted by Gasteiger charge is 2.20. The molecule has 3 N–H and O–H groups in total. The Labute approximate surface area is 152 Å². The van der Waals surface area contributed by atoms with Crippen LogP contribution in [-0.4, -0.2) is 28.9 Å². The molecule has 2 aromatic rings. The molecule has 0 aliphatic rings. The van der Waals surface area contributed by atoms with Crippen molar-refractivity contribution in [1.29, 1.82) is 0 Å². The largest absolute Gasteiger partial charge is 0.480 e. The molecule has 0 aliphatic heterocycles. The second kappa shape index (κ2) is 9.36. The predicted octanol–water partition coefficient (Wildman–Crippen LogP) is 2.85. The zero-order valence-electron chi connectivity index (χ0n) is 14.6. The molecule has 6 heteroatoms. The summed E-state index contributed by atoms with van der Waals surface area (Å²) in [5.74, 6) is -1.71. The summed E-state index contributed by atoms with van der Waals surface area (Å²) >= 11 is 0. The second-order valence-corrected chi connectivity index (χ2v) is 6.00. The number of benzene rings is 2. The molecular formula is C20H22N2O4. The SMILES string of the molecule is CC(=O)Nc1ccc(C(=O)N[C@@H](CCCc2ccccc2)C(=O)O)cc1. The van der Waals surface area contributed by atoms with Crippen LogP contribution in [0.5, 0.6) is 0 Å². The molecule has 2 rings (SSSR count). The monoisotopic (exact) mass is 354 g/mol. The molecule has 0 aliphatic carbocycles. The molecule has 6 nitrogen and oxygen atoms in total. The van der Waals surface area contributed by atoms with Crippen molar-refractivity contribution in [3.05, 3.63) is 65.7 Å². The van der Waals surface area contributed by atoms with Crippen LogP contribution in [0, 0.1) is 0 Å². The lowest BCUT2D eigenvalue weighted by atomic mass is 10.0. The minimum atomic E-state index is -1.05. The second-order valence-electron chi connectivity index (χ2n) is 6.00. The van der Waals surface area contributed by atoms with Crippen molar-refractivity contribution >= 4 is 23.5 Å². The molecule has 2 amide bonds. The van der Waals surface area contributed by atoms with E-state index in [-0.39, 0.29) is 5.91 Å². The summed E-state index contributed by atoms with van der Waals surface area (Å²) in [5, 5.41) is 14.5. The first-order valence-corrected chi connectivity index (χ1v) is 8.41. The zero-order valence-corrected chi connectivity index (χ0v) is 14.6. The van der Waals surface area contributed by atoms with Crippen LogP contribution in [0.4, 0.5) is 5.69 Å². The van der Waals surface area contributed by atoms with Crippen molar-refractivity contribution in [3.63, 3.8) is 0 Å². The van der Waals surface area contributed by atoms with E-state index >= 15 is 0 Å². The number of rotatable bonds is 8. The van der Waals surface area contributed by atoms with E-state index in [1.54, 1.807) is 24.3 Å². The summed E-state index contributed by atoms with van der Waals surface area (Å²) in [4.78, 5) is 34.7. The number of carboxylic acid groups (broad SMARTS) is 1. The predicted molar refractivity (Wildman–Crippen MR) is 99.0 cm³/mol. The van der Waals surface area contributed by atoms with Crippen LogP contribution in [0.3, 0.4) is 0 Å². The van der Waals surface area contributed by atoms with Crippen LogP contribution in [0.25, 0.3) is 0 Å². The maximum absolute atomic E-state index is 12.3. The lowest BCUT2D eigenvalue weighted by molar-refractivity contribution is -0.139. The van der Waals surface area contributed by atoms with Gasteiger partial charge in [-0.2, -0.15) is 0 Å². The number of anilines is 1. The summed E-state index contributed by atoms with van der Waals surface area (Å²) in [5.41, 5.74) is 2.05. The molecule has 2 aromatic carbocycles. The third-order valence-electron chi connectivity index (χ3n) is 3.87. The van der Waals surface area contributed by atoms with Gasteiger partial charge in [-0.3, -0.25) is 9.59 Å². The molecule has 0 saturated heterocycles. The Morgan fingerprint density at radius 2 is 1.65 bits per heavy atom. The maximum Gasteiger partial charge on any atom is 0.326 e. The summed E-state index contributed by atoms with van der Waals surface area (Å²) in [6.07, 6.45) is 1.76. The first-order chi connectivity index (χ1) is 12.5. The van der Waals surface area contributed by atoms with Crippen molar-refractivity contribution in [2.45, 2.75) is 32.2 Å². The van der Waals surface area contributed by atoms with Gasteiger partial charge in [0, 0.05) is 18.2 Å². The van der Waals surface area contributed by atoms with Crippen molar-refractivity contribution < 1.29 is 19.5 Å². The van der Waals surface area contributed by atoms with Crippen LogP contribution in [-0.2, 0) is 16.0 Å². The van der Waals surface area contributed by atoms with Gasteiger partial charge in [0.05, 0.1) is 0 Å². The van der Waals surface area contributed by atoms with Gasteiger partial charge in [0.2, 0.25) is 5.91 Å². The number of amides is 2. The van der Waals surface area contributed by atoms with Crippen molar-refractivity contribution in [3.8, 4) is 0 Å². The van der Waals surface area contributed by atoms with Gasteiger partial charge in [-0.1, -0.05) is 30.3 Å². The fraction of sp³-hybridized carbons (Fsp3) is 0.250. The Morgan fingerprint density at radius 1 is 1.00 bits per heavy atom. The minimum Gasteiger partial charge on any atom is -0.480 e. The Morgan fingerprint density at radius 3 is 2.23 bits per heavy atom. The Bertz CT molecular complexity index is 757. The molecule has 0 heterocycles. The van der Waals surface area contributed by atoms with Crippen LogP contribution < -0.4 is 10.6 Å². The number of aliphatic carboxylic acids is 1. The Balaban J connectivity index is 1.90. The van der Waals surface area contributed by atoms with E-state index in [0.29, 0.717) is 24.1 Å². The topological polar surface area (TPSA) is 95.5 Å². The van der Waals surface area contributed by atoms with Gasteiger partial charge < -0.3 is 15.7 Å². The molecule has 0 spiro atoms. The van der Waals surface area contributed by atoms with E-state index in [1.165, 1.54) is 6.92 Å². The number of aryl methyl sites for hydroxylation is 1. The van der Waals surface area contributed by atoms with E-state index in [0.717, 1.165) is 12.0 Å². The van der Waals surface area contributed by atoms with Crippen LogP contribution in [0.1, 0.15) is 35.7 Å². The average Bonchev–Trinajstić information content (AvgIpc) is 2.61. The summed E-state index contributed by atoms with van der Waals surface area (Å²) in [6, 6.07) is 15.1. The van der Waals surface area contributed by atoms with Gasteiger partial charge in [0.1, 0.15) is 6.04 Å². The summed E-state index contributed by atoms with van der Waals surface area (Å²) in [6.45, 7) is 1.40. The fourth-order valence-electron chi connectivity index (χ4n) is 2.56. The molecule has 1 atom stereocenters. The van der Waals surface area contributed by atoms with Crippen molar-refractivity contribution in [2.75, 3.05) is 5.32 Å². The lowest BCUT2D eigenvalue weighted by Crippen LogP contribution is -2.40. The molecule has 0 bridgehead atoms. The summed E-state index contributed by atoms with van der Waals surface area (Å²) in [7, 11) is 0. The Hall–Kier alpha value is -3.15. The quantitative estimate of drug-likeness (QED) is 0.679. The van der Waals surface area contributed by atoms with E-state index in [9.17, 15) is 19.5 Å². The molecule has 136 valence electrons. The van der Waals surface area contributed by atoms with Crippen LogP contribution in [0.2, 0.25) is 0 Å². The third-order valence-corrected chi connectivity index (χ3v) is 3.87. The lowest BCUT2D eigenvalue weighted by Gasteiger charge is -2.15. The fourth-order valence-corrected chi connectivity index (χ4v) is 2.56. The first-order valence-electron chi connectivity index (χ1n) is 8.41. The highest BCUT2D eigenvalue weighted by atomic mass is 16.4. The van der Waals surface area contributed by atoms with Crippen molar-refractivity contribution in [1.82, 2.24) is 5.32 Å². The minimum absolute atomic E-state index is 0.202. The van der Waals surface area contributed by atoms with Crippen LogP contribution >= 0.6 is 0 Å². The number of carbonyl (C=O) groups is 3. The van der Waals surface area contributed by atoms with Gasteiger partial charge in [0.25, 0.3) is 5.91 Å². The van der Waals surface area contributed by atoms with Gasteiger partial charge in [-0.05, 0) is 49.1 Å². The number of hydrogen-bond acceptors (Lipinski definition) is 3.